The Kier molecular flexibility index (Phi) is 7.13. The maximum absolute atomic E-state index is 17.4. The number of carbonyl (C=O) groups is 4. The third kappa shape index (κ3) is 4.23. The molecule has 2 heterocycles. The third-order valence-corrected chi connectivity index (χ3v) is 17.4. The van der Waals surface area contributed by atoms with Gasteiger partial charge in [-0.2, -0.15) is 0 Å². The predicted molar refractivity (Wildman–Crippen MR) is 171 cm³/mol. The Balaban J connectivity index is 1.42. The van der Waals surface area contributed by atoms with Crippen molar-refractivity contribution in [2.75, 3.05) is 9.80 Å². The monoisotopic (exact) mass is 694 g/mol. The zero-order chi connectivity index (χ0) is 34.2. The standard InChI is InChI=1S/2C14H6F2NO2.2C5H5.Ti/c2*15-8-5-6-12(11(16)7-8)17-13(18)9-3-1-2-4-10(9)14(17)19;2*1-2-4-5-3-1;/h2*1-6H;2*1-3H,4H2;. The summed E-state index contributed by atoms with van der Waals surface area (Å²) in [7, 11) is 0. The number of halogens is 4. The second kappa shape index (κ2) is 11.3. The number of nitrogens with zero attached hydrogens (tertiary/aromatic N) is 2. The molecule has 0 saturated heterocycles. The van der Waals surface area contributed by atoms with Gasteiger partial charge in [0.2, 0.25) is 0 Å². The summed E-state index contributed by atoms with van der Waals surface area (Å²) in [6.45, 7) is 0. The summed E-state index contributed by atoms with van der Waals surface area (Å²) in [4.78, 5) is 55.1. The number of anilines is 2. The molecule has 4 aliphatic rings. The van der Waals surface area contributed by atoms with E-state index in [1.807, 2.05) is 0 Å². The zero-order valence-electron chi connectivity index (χ0n) is 25.3. The van der Waals surface area contributed by atoms with Gasteiger partial charge in [-0.25, -0.2) is 0 Å². The second-order valence-electron chi connectivity index (χ2n) is 11.9. The number of hydrogen-bond donors (Lipinski definition) is 0. The van der Waals surface area contributed by atoms with Crippen molar-refractivity contribution >= 4 is 42.7 Å². The summed E-state index contributed by atoms with van der Waals surface area (Å²) >= 11 is -5.49. The molecule has 2 aliphatic heterocycles. The molecule has 4 amide bonds. The molecule has 6 nitrogen and oxygen atoms in total. The summed E-state index contributed by atoms with van der Waals surface area (Å²) in [6, 6.07) is 15.6. The second-order valence-corrected chi connectivity index (χ2v) is 17.8. The van der Waals surface area contributed by atoms with Gasteiger partial charge in [0.25, 0.3) is 0 Å². The van der Waals surface area contributed by atoms with Crippen LogP contribution >= 0.6 is 0 Å². The van der Waals surface area contributed by atoms with Gasteiger partial charge in [0.15, 0.2) is 0 Å². The number of amides is 4. The first-order valence-electron chi connectivity index (χ1n) is 15.3. The van der Waals surface area contributed by atoms with E-state index in [4.69, 9.17) is 0 Å². The average molecular weight is 694 g/mol. The molecule has 0 atom stereocenters. The normalized spacial score (nSPS) is 16.6. The molecule has 4 aromatic rings. The molecular weight excluding hydrogens is 672 g/mol. The molecule has 0 fully saturated rings. The topological polar surface area (TPSA) is 74.8 Å². The van der Waals surface area contributed by atoms with E-state index in [0.717, 1.165) is 24.3 Å². The van der Waals surface area contributed by atoms with Crippen molar-refractivity contribution in [2.45, 2.75) is 12.8 Å². The number of fused-ring (bicyclic) bond motifs is 2. The van der Waals surface area contributed by atoms with Crippen LogP contribution in [0.1, 0.15) is 54.3 Å². The van der Waals surface area contributed by atoms with Gasteiger partial charge in [-0.3, -0.25) is 0 Å². The Bertz CT molecular complexity index is 2110. The van der Waals surface area contributed by atoms with Gasteiger partial charge in [-0.1, -0.05) is 0 Å². The van der Waals surface area contributed by atoms with Crippen LogP contribution in [0.15, 0.2) is 117 Å². The van der Waals surface area contributed by atoms with Gasteiger partial charge in [-0.15, -0.1) is 0 Å². The number of rotatable bonds is 6. The van der Waals surface area contributed by atoms with Crippen LogP contribution in [-0.2, 0) is 16.6 Å². The van der Waals surface area contributed by atoms with E-state index >= 15 is 17.6 Å². The molecule has 0 spiro atoms. The average Bonchev–Trinajstić information content (AvgIpc) is 3.92. The maximum atomic E-state index is 17.4. The van der Waals surface area contributed by atoms with Gasteiger partial charge >= 0.3 is 281 Å². The van der Waals surface area contributed by atoms with E-state index in [0.29, 0.717) is 17.6 Å². The van der Waals surface area contributed by atoms with Crippen molar-refractivity contribution in [3.63, 3.8) is 0 Å². The summed E-state index contributed by atoms with van der Waals surface area (Å²) < 4.78 is 67.5. The third-order valence-electron chi connectivity index (χ3n) is 9.47. The summed E-state index contributed by atoms with van der Waals surface area (Å²) in [5.41, 5.74) is -1.01. The summed E-state index contributed by atoms with van der Waals surface area (Å²) in [6.07, 6.45) is 10.0. The number of allylic oxidation sites excluding steroid dienone is 8. The first-order chi connectivity index (χ1) is 23.7. The molecule has 11 heteroatoms. The molecule has 8 rings (SSSR count). The van der Waals surface area contributed by atoms with Crippen LogP contribution in [0.3, 0.4) is 0 Å². The van der Waals surface area contributed by atoms with E-state index in [1.165, 1.54) is 24.3 Å². The first kappa shape index (κ1) is 30.9. The molecule has 0 aromatic heterocycles. The molecular formula is C38H22F4N2O4Ti. The van der Waals surface area contributed by atoms with Crippen LogP contribution in [0.2, 0.25) is 0 Å². The van der Waals surface area contributed by atoms with Gasteiger partial charge in [0.1, 0.15) is 0 Å². The predicted octanol–water partition coefficient (Wildman–Crippen LogP) is 6.64. The molecule has 240 valence electrons. The number of benzene rings is 4. The SMILES string of the molecule is O=C1c2ccccc2C(=O)N1c1ccc(F)[c]([Ti]([C]2=CC=CC2)([C]2=CC=CC2)[c]2c(F)ccc(N3C(=O)c4ccccc4C3=O)c2F)c1F. The van der Waals surface area contributed by atoms with E-state index in [1.54, 1.807) is 60.7 Å². The van der Waals surface area contributed by atoms with E-state index in [9.17, 15) is 19.2 Å². The van der Waals surface area contributed by atoms with E-state index in [2.05, 4.69) is 0 Å². The van der Waals surface area contributed by atoms with Crippen LogP contribution in [0.4, 0.5) is 28.9 Å². The van der Waals surface area contributed by atoms with Crippen molar-refractivity contribution in [1.82, 2.24) is 0 Å². The Morgan fingerprint density at radius 1 is 0.490 bits per heavy atom. The van der Waals surface area contributed by atoms with Gasteiger partial charge in [0.05, 0.1) is 0 Å². The van der Waals surface area contributed by atoms with E-state index < -0.39 is 82.6 Å². The molecule has 0 bridgehead atoms. The molecule has 0 unspecified atom stereocenters. The number of carbonyl (C=O) groups excluding carboxylic acids is 4. The van der Waals surface area contributed by atoms with Crippen LogP contribution in [-0.4, -0.2) is 23.6 Å². The molecule has 0 N–H and O–H groups in total. The quantitative estimate of drug-likeness (QED) is 0.129. The number of imide groups is 2. The van der Waals surface area contributed by atoms with Crippen molar-refractivity contribution in [3.8, 4) is 0 Å². The van der Waals surface area contributed by atoms with Gasteiger partial charge in [0, 0.05) is 0 Å². The van der Waals surface area contributed by atoms with Gasteiger partial charge in [-0.05, 0) is 0 Å². The summed E-state index contributed by atoms with van der Waals surface area (Å²) in [5, 5.41) is 0. The van der Waals surface area contributed by atoms with Crippen molar-refractivity contribution < 1.29 is 53.3 Å². The van der Waals surface area contributed by atoms with Crippen LogP contribution in [0, 0.1) is 23.3 Å². The Morgan fingerprint density at radius 2 is 0.837 bits per heavy atom. The molecule has 2 aliphatic carbocycles. The van der Waals surface area contributed by atoms with Crippen molar-refractivity contribution in [2.24, 2.45) is 0 Å². The zero-order valence-corrected chi connectivity index (χ0v) is 26.9. The molecule has 49 heavy (non-hydrogen) atoms. The Morgan fingerprint density at radius 3 is 1.14 bits per heavy atom. The van der Waals surface area contributed by atoms with E-state index in [-0.39, 0.29) is 35.1 Å². The number of hydrogen-bond acceptors (Lipinski definition) is 4. The molecule has 0 saturated carbocycles. The first-order valence-corrected chi connectivity index (χ1v) is 18.4. The minimum atomic E-state index is -5.49. The van der Waals surface area contributed by atoms with Gasteiger partial charge < -0.3 is 0 Å². The van der Waals surface area contributed by atoms with Crippen LogP contribution in [0.25, 0.3) is 0 Å². The Hall–Kier alpha value is -5.45. The minimum absolute atomic E-state index is 0.0294. The fraction of sp³-hybridized carbons (Fsp3) is 0.0526. The van der Waals surface area contributed by atoms with Crippen molar-refractivity contribution in [1.29, 1.82) is 0 Å². The summed E-state index contributed by atoms with van der Waals surface area (Å²) in [5.74, 6) is -8.17. The fourth-order valence-corrected chi connectivity index (χ4v) is 15.6. The molecule has 4 aromatic carbocycles. The van der Waals surface area contributed by atoms with Crippen LogP contribution < -0.4 is 17.5 Å². The Labute approximate surface area is 280 Å². The van der Waals surface area contributed by atoms with Crippen molar-refractivity contribution in [3.05, 3.63) is 163 Å². The molecule has 0 radical (unpaired) electrons. The fourth-order valence-electron chi connectivity index (χ4n) is 7.36. The van der Waals surface area contributed by atoms with Crippen LogP contribution in [0.5, 0.6) is 0 Å².